The lowest BCUT2D eigenvalue weighted by atomic mass is 10.00. The summed E-state index contributed by atoms with van der Waals surface area (Å²) in [4.78, 5) is 0. The first-order chi connectivity index (χ1) is 7.69. The van der Waals surface area contributed by atoms with Crippen molar-refractivity contribution >= 4 is 0 Å². The monoisotopic (exact) mass is 220 g/mol. The lowest BCUT2D eigenvalue weighted by Crippen LogP contribution is -2.16. The minimum absolute atomic E-state index is 0.974. The summed E-state index contributed by atoms with van der Waals surface area (Å²) in [5.41, 5.74) is 5.61. The van der Waals surface area contributed by atoms with Crippen LogP contribution in [0.25, 0.3) is 0 Å². The molecule has 0 amide bonds. The summed E-state index contributed by atoms with van der Waals surface area (Å²) in [6.07, 6.45) is 0. The molecule has 16 heavy (non-hydrogen) atoms. The third kappa shape index (κ3) is 3.62. The van der Waals surface area contributed by atoms with E-state index in [0.29, 0.717) is 0 Å². The van der Waals surface area contributed by atoms with E-state index in [1.807, 2.05) is 0 Å². The minimum Gasteiger partial charge on any atom is -0.313 e. The fourth-order valence-electron chi connectivity index (χ4n) is 1.85. The van der Waals surface area contributed by atoms with Crippen molar-refractivity contribution in [2.75, 3.05) is 13.1 Å². The van der Waals surface area contributed by atoms with Gasteiger partial charge in [-0.05, 0) is 49.2 Å². The molecule has 0 fully saturated rings. The first-order valence-corrected chi connectivity index (χ1v) is 6.19. The van der Waals surface area contributed by atoms with Crippen molar-refractivity contribution in [2.24, 2.45) is 0 Å². The van der Waals surface area contributed by atoms with Gasteiger partial charge in [0.2, 0.25) is 0 Å². The fourth-order valence-corrected chi connectivity index (χ4v) is 1.85. The van der Waals surface area contributed by atoms with Gasteiger partial charge in [0, 0.05) is 13.1 Å². The van der Waals surface area contributed by atoms with Gasteiger partial charge in [-0.25, -0.2) is 0 Å². The van der Waals surface area contributed by atoms with Gasteiger partial charge in [0.1, 0.15) is 0 Å². The van der Waals surface area contributed by atoms with E-state index in [1.54, 1.807) is 0 Å². The van der Waals surface area contributed by atoms with Crippen LogP contribution >= 0.6 is 0 Å². The Bertz CT molecular complexity index is 303. The largest absolute Gasteiger partial charge is 0.313 e. The lowest BCUT2D eigenvalue weighted by molar-refractivity contribution is 0.708. The highest BCUT2D eigenvalue weighted by Gasteiger charge is 2.03. The first-order valence-electron chi connectivity index (χ1n) is 6.19. The second-order valence-corrected chi connectivity index (χ2v) is 4.27. The Morgan fingerprint density at radius 2 is 1.25 bits per heavy atom. The van der Waals surface area contributed by atoms with E-state index < -0.39 is 0 Å². The number of rotatable bonds is 6. The van der Waals surface area contributed by atoms with Crippen LogP contribution in [0.3, 0.4) is 0 Å². The molecule has 0 spiro atoms. The van der Waals surface area contributed by atoms with Gasteiger partial charge in [0.25, 0.3) is 0 Å². The molecule has 0 aliphatic carbocycles. The zero-order valence-corrected chi connectivity index (χ0v) is 11.0. The molecule has 0 bridgehead atoms. The van der Waals surface area contributed by atoms with Gasteiger partial charge in [0.15, 0.2) is 0 Å². The van der Waals surface area contributed by atoms with Crippen LogP contribution in [0.5, 0.6) is 0 Å². The van der Waals surface area contributed by atoms with Crippen molar-refractivity contribution < 1.29 is 0 Å². The summed E-state index contributed by atoms with van der Waals surface area (Å²) in [7, 11) is 0. The van der Waals surface area contributed by atoms with Crippen molar-refractivity contribution in [1.29, 1.82) is 0 Å². The zero-order valence-electron chi connectivity index (χ0n) is 11.0. The molecule has 0 aliphatic rings. The number of hydrogen-bond acceptors (Lipinski definition) is 2. The molecule has 90 valence electrons. The molecule has 1 rings (SSSR count). The van der Waals surface area contributed by atoms with Crippen LogP contribution in [0.4, 0.5) is 0 Å². The van der Waals surface area contributed by atoms with Crippen LogP contribution in [-0.4, -0.2) is 13.1 Å². The molecule has 0 aliphatic heterocycles. The average Bonchev–Trinajstić information content (AvgIpc) is 2.26. The quantitative estimate of drug-likeness (QED) is 0.770. The molecule has 1 aromatic rings. The molecule has 0 atom stereocenters. The normalized spacial score (nSPS) is 10.8. The summed E-state index contributed by atoms with van der Waals surface area (Å²) in [6, 6.07) is 4.62. The number of hydrogen-bond donors (Lipinski definition) is 2. The molecule has 1 aromatic carbocycles. The van der Waals surface area contributed by atoms with Crippen molar-refractivity contribution in [3.8, 4) is 0 Å². The minimum atomic E-state index is 0.974. The van der Waals surface area contributed by atoms with Crippen molar-refractivity contribution in [3.05, 3.63) is 34.4 Å². The van der Waals surface area contributed by atoms with Crippen LogP contribution in [-0.2, 0) is 13.1 Å². The average molecular weight is 220 g/mol. The highest BCUT2D eigenvalue weighted by molar-refractivity contribution is 5.37. The Balaban J connectivity index is 2.83. The second kappa shape index (κ2) is 6.66. The third-order valence-corrected chi connectivity index (χ3v) is 2.93. The van der Waals surface area contributed by atoms with Gasteiger partial charge in [-0.3, -0.25) is 0 Å². The molecule has 2 nitrogen and oxygen atoms in total. The smallest absolute Gasteiger partial charge is 0.0208 e. The van der Waals surface area contributed by atoms with Crippen LogP contribution in [0.2, 0.25) is 0 Å². The predicted octanol–water partition coefficient (Wildman–Crippen LogP) is 2.52. The van der Waals surface area contributed by atoms with Gasteiger partial charge < -0.3 is 10.6 Å². The summed E-state index contributed by atoms with van der Waals surface area (Å²) < 4.78 is 0. The SMILES string of the molecule is CCNCc1cc(CNCC)c(C)cc1C. The van der Waals surface area contributed by atoms with Crippen molar-refractivity contribution in [1.82, 2.24) is 10.6 Å². The van der Waals surface area contributed by atoms with Gasteiger partial charge in [-0.2, -0.15) is 0 Å². The summed E-state index contributed by atoms with van der Waals surface area (Å²) >= 11 is 0. The van der Waals surface area contributed by atoms with Crippen molar-refractivity contribution in [3.63, 3.8) is 0 Å². The standard InChI is InChI=1S/C14H24N2/c1-5-15-9-13-8-14(10-16-6-2)12(4)7-11(13)3/h7-8,15-16H,5-6,9-10H2,1-4H3. The van der Waals surface area contributed by atoms with Gasteiger partial charge >= 0.3 is 0 Å². The second-order valence-electron chi connectivity index (χ2n) is 4.27. The number of benzene rings is 1. The molecule has 0 heterocycles. The Morgan fingerprint density at radius 1 is 0.812 bits per heavy atom. The van der Waals surface area contributed by atoms with E-state index in [2.05, 4.69) is 50.5 Å². The molecule has 0 aromatic heterocycles. The van der Waals surface area contributed by atoms with Crippen molar-refractivity contribution in [2.45, 2.75) is 40.8 Å². The molecule has 0 saturated carbocycles. The molecule has 2 heteroatoms. The Hall–Kier alpha value is -0.860. The maximum absolute atomic E-state index is 3.39. The van der Waals surface area contributed by atoms with E-state index in [-0.39, 0.29) is 0 Å². The Morgan fingerprint density at radius 3 is 1.62 bits per heavy atom. The number of aryl methyl sites for hydroxylation is 2. The molecule has 0 radical (unpaired) electrons. The summed E-state index contributed by atoms with van der Waals surface area (Å²) in [5, 5.41) is 6.78. The third-order valence-electron chi connectivity index (χ3n) is 2.93. The molecular weight excluding hydrogens is 196 g/mol. The van der Waals surface area contributed by atoms with Crippen LogP contribution in [0.1, 0.15) is 36.1 Å². The predicted molar refractivity (Wildman–Crippen MR) is 70.7 cm³/mol. The van der Waals surface area contributed by atoms with E-state index in [0.717, 1.165) is 26.2 Å². The van der Waals surface area contributed by atoms with E-state index in [9.17, 15) is 0 Å². The van der Waals surface area contributed by atoms with Gasteiger partial charge in [-0.15, -0.1) is 0 Å². The van der Waals surface area contributed by atoms with Gasteiger partial charge in [-0.1, -0.05) is 26.0 Å². The van der Waals surface area contributed by atoms with E-state index in [1.165, 1.54) is 22.3 Å². The Labute approximate surface area is 99.5 Å². The maximum atomic E-state index is 3.39. The highest BCUT2D eigenvalue weighted by atomic mass is 14.8. The molecular formula is C14H24N2. The number of nitrogens with one attached hydrogen (secondary N) is 2. The fraction of sp³-hybridized carbons (Fsp3) is 0.571. The summed E-state index contributed by atoms with van der Waals surface area (Å²) in [5.74, 6) is 0. The van der Waals surface area contributed by atoms with Crippen LogP contribution in [0, 0.1) is 13.8 Å². The molecule has 2 N–H and O–H groups in total. The summed E-state index contributed by atoms with van der Waals surface area (Å²) in [6.45, 7) is 12.7. The zero-order chi connectivity index (χ0) is 12.0. The lowest BCUT2D eigenvalue weighted by Gasteiger charge is -2.13. The topological polar surface area (TPSA) is 24.1 Å². The van der Waals surface area contributed by atoms with E-state index >= 15 is 0 Å². The molecule has 0 saturated heterocycles. The molecule has 0 unspecified atom stereocenters. The van der Waals surface area contributed by atoms with Crippen LogP contribution < -0.4 is 10.6 Å². The first kappa shape index (κ1) is 13.2. The Kier molecular flexibility index (Phi) is 5.50. The van der Waals surface area contributed by atoms with Crippen LogP contribution in [0.15, 0.2) is 12.1 Å². The maximum Gasteiger partial charge on any atom is 0.0208 e. The highest BCUT2D eigenvalue weighted by Crippen LogP contribution is 2.16. The van der Waals surface area contributed by atoms with E-state index in [4.69, 9.17) is 0 Å². The van der Waals surface area contributed by atoms with Gasteiger partial charge in [0.05, 0.1) is 0 Å².